The summed E-state index contributed by atoms with van der Waals surface area (Å²) in [5.74, 6) is -0.00926. The van der Waals surface area contributed by atoms with Crippen molar-refractivity contribution in [3.63, 3.8) is 0 Å². The molecule has 0 spiro atoms. The van der Waals surface area contributed by atoms with E-state index in [1.165, 1.54) is 23.4 Å². The number of carbonyl (C=O) groups excluding carboxylic acids is 1. The van der Waals surface area contributed by atoms with Crippen LogP contribution in [-0.2, 0) is 9.53 Å². The SMILES string of the molecule is COCC(=O)N(C)SC. The predicted molar refractivity (Wildman–Crippen MR) is 38.2 cm³/mol. The Morgan fingerprint density at radius 1 is 1.78 bits per heavy atom. The number of hydrogen-bond donors (Lipinski definition) is 0. The lowest BCUT2D eigenvalue weighted by Crippen LogP contribution is -2.23. The van der Waals surface area contributed by atoms with Gasteiger partial charge in [0.1, 0.15) is 6.61 Å². The summed E-state index contributed by atoms with van der Waals surface area (Å²) >= 11 is 1.38. The first-order valence-corrected chi connectivity index (χ1v) is 3.70. The van der Waals surface area contributed by atoms with Crippen LogP contribution in [0.1, 0.15) is 0 Å². The molecule has 9 heavy (non-hydrogen) atoms. The fourth-order valence-corrected chi connectivity index (χ4v) is 0.573. The Balaban J connectivity index is 3.46. The van der Waals surface area contributed by atoms with E-state index in [-0.39, 0.29) is 12.5 Å². The van der Waals surface area contributed by atoms with Crippen LogP contribution in [0.2, 0.25) is 0 Å². The minimum atomic E-state index is -0.00926. The van der Waals surface area contributed by atoms with E-state index in [9.17, 15) is 4.79 Å². The monoisotopic (exact) mass is 149 g/mol. The van der Waals surface area contributed by atoms with E-state index in [0.29, 0.717) is 0 Å². The van der Waals surface area contributed by atoms with Crippen LogP contribution in [-0.4, -0.2) is 37.2 Å². The minimum absolute atomic E-state index is 0.00926. The van der Waals surface area contributed by atoms with Crippen LogP contribution in [0.5, 0.6) is 0 Å². The average molecular weight is 149 g/mol. The summed E-state index contributed by atoms with van der Waals surface area (Å²) in [4.78, 5) is 10.8. The van der Waals surface area contributed by atoms with Crippen LogP contribution >= 0.6 is 11.9 Å². The summed E-state index contributed by atoms with van der Waals surface area (Å²) in [6.45, 7) is 0.164. The summed E-state index contributed by atoms with van der Waals surface area (Å²) in [7, 11) is 3.22. The van der Waals surface area contributed by atoms with Gasteiger partial charge in [0.25, 0.3) is 5.91 Å². The van der Waals surface area contributed by atoms with E-state index in [1.54, 1.807) is 7.05 Å². The summed E-state index contributed by atoms with van der Waals surface area (Å²) < 4.78 is 6.15. The van der Waals surface area contributed by atoms with Crippen molar-refractivity contribution in [3.05, 3.63) is 0 Å². The summed E-state index contributed by atoms with van der Waals surface area (Å²) in [5, 5.41) is 0. The highest BCUT2D eigenvalue weighted by molar-refractivity contribution is 7.96. The molecule has 0 bridgehead atoms. The van der Waals surface area contributed by atoms with Crippen molar-refractivity contribution in [1.82, 2.24) is 4.31 Å². The zero-order valence-electron chi connectivity index (χ0n) is 5.88. The van der Waals surface area contributed by atoms with Gasteiger partial charge in [-0.05, 0) is 0 Å². The third-order valence-electron chi connectivity index (χ3n) is 0.893. The van der Waals surface area contributed by atoms with Crippen molar-refractivity contribution in [2.24, 2.45) is 0 Å². The minimum Gasteiger partial charge on any atom is -0.375 e. The molecule has 0 aromatic carbocycles. The maximum atomic E-state index is 10.8. The third kappa shape index (κ3) is 3.37. The van der Waals surface area contributed by atoms with E-state index in [0.717, 1.165) is 0 Å². The molecule has 0 radical (unpaired) electrons. The lowest BCUT2D eigenvalue weighted by atomic mass is 10.7. The van der Waals surface area contributed by atoms with Gasteiger partial charge in [0, 0.05) is 20.4 Å². The number of rotatable bonds is 3. The highest BCUT2D eigenvalue weighted by Gasteiger charge is 2.04. The number of likely N-dealkylation sites (N-methyl/N-ethyl adjacent to an activating group) is 1. The highest BCUT2D eigenvalue weighted by atomic mass is 32.2. The molecule has 0 aromatic rings. The topological polar surface area (TPSA) is 29.5 Å². The standard InChI is InChI=1S/C5H11NO2S/c1-6(9-3)5(7)4-8-2/h4H2,1-3H3. The van der Waals surface area contributed by atoms with Crippen LogP contribution in [0, 0.1) is 0 Å². The fourth-order valence-electron chi connectivity index (χ4n) is 0.316. The molecule has 0 aliphatic carbocycles. The van der Waals surface area contributed by atoms with Crippen molar-refractivity contribution in [3.8, 4) is 0 Å². The Bertz CT molecular complexity index is 97.0. The largest absolute Gasteiger partial charge is 0.375 e. The second-order valence-corrected chi connectivity index (χ2v) is 2.42. The van der Waals surface area contributed by atoms with Gasteiger partial charge in [0.2, 0.25) is 0 Å². The maximum absolute atomic E-state index is 10.8. The van der Waals surface area contributed by atoms with E-state index < -0.39 is 0 Å². The van der Waals surface area contributed by atoms with E-state index in [4.69, 9.17) is 0 Å². The van der Waals surface area contributed by atoms with Crippen molar-refractivity contribution >= 4 is 17.9 Å². The summed E-state index contributed by atoms with van der Waals surface area (Å²) in [6.07, 6.45) is 1.84. The van der Waals surface area contributed by atoms with Crippen LogP contribution in [0.4, 0.5) is 0 Å². The van der Waals surface area contributed by atoms with Crippen molar-refractivity contribution in [2.75, 3.05) is 27.0 Å². The van der Waals surface area contributed by atoms with Crippen LogP contribution < -0.4 is 0 Å². The molecule has 4 heteroatoms. The number of amides is 1. The number of nitrogens with zero attached hydrogens (tertiary/aromatic N) is 1. The molecule has 0 rings (SSSR count). The summed E-state index contributed by atoms with van der Waals surface area (Å²) in [5.41, 5.74) is 0. The van der Waals surface area contributed by atoms with Gasteiger partial charge in [-0.25, -0.2) is 0 Å². The van der Waals surface area contributed by atoms with Crippen molar-refractivity contribution < 1.29 is 9.53 Å². The lowest BCUT2D eigenvalue weighted by molar-refractivity contribution is -0.129. The van der Waals surface area contributed by atoms with E-state index >= 15 is 0 Å². The van der Waals surface area contributed by atoms with Gasteiger partial charge < -0.3 is 4.74 Å². The normalized spacial score (nSPS) is 9.22. The van der Waals surface area contributed by atoms with Gasteiger partial charge in [-0.1, -0.05) is 11.9 Å². The number of methoxy groups -OCH3 is 1. The molecule has 3 nitrogen and oxygen atoms in total. The number of hydrogen-bond acceptors (Lipinski definition) is 3. The second kappa shape index (κ2) is 4.64. The zero-order valence-corrected chi connectivity index (χ0v) is 6.70. The Kier molecular flexibility index (Phi) is 4.53. The molecule has 0 N–H and O–H groups in total. The average Bonchev–Trinajstić information content (AvgIpc) is 1.87. The Morgan fingerprint density at radius 3 is 2.67 bits per heavy atom. The first-order chi connectivity index (χ1) is 4.22. The molecular weight excluding hydrogens is 138 g/mol. The second-order valence-electron chi connectivity index (χ2n) is 1.51. The molecule has 0 saturated heterocycles. The summed E-state index contributed by atoms with van der Waals surface area (Å²) in [6, 6.07) is 0. The molecule has 0 saturated carbocycles. The predicted octanol–water partition coefficient (Wildman–Crippen LogP) is 0.369. The molecule has 0 atom stereocenters. The van der Waals surface area contributed by atoms with Crippen LogP contribution in [0.25, 0.3) is 0 Å². The van der Waals surface area contributed by atoms with Crippen molar-refractivity contribution in [2.45, 2.75) is 0 Å². The fraction of sp³-hybridized carbons (Fsp3) is 0.800. The molecule has 0 aromatic heterocycles. The van der Waals surface area contributed by atoms with E-state index in [2.05, 4.69) is 4.74 Å². The van der Waals surface area contributed by atoms with Crippen LogP contribution in [0.3, 0.4) is 0 Å². The Labute approximate surface area is 59.5 Å². The molecule has 0 fully saturated rings. The first kappa shape index (κ1) is 8.78. The lowest BCUT2D eigenvalue weighted by Gasteiger charge is -2.11. The quantitative estimate of drug-likeness (QED) is 0.543. The molecular formula is C5H11NO2S. The Morgan fingerprint density at radius 2 is 2.33 bits per heavy atom. The van der Waals surface area contributed by atoms with Gasteiger partial charge >= 0.3 is 0 Å². The van der Waals surface area contributed by atoms with Crippen molar-refractivity contribution in [1.29, 1.82) is 0 Å². The number of ether oxygens (including phenoxy) is 1. The Hall–Kier alpha value is -0.220. The van der Waals surface area contributed by atoms with Gasteiger partial charge in [-0.2, -0.15) is 0 Å². The smallest absolute Gasteiger partial charge is 0.258 e. The molecule has 0 aliphatic heterocycles. The highest BCUT2D eigenvalue weighted by Crippen LogP contribution is 1.99. The van der Waals surface area contributed by atoms with Gasteiger partial charge in [0.15, 0.2) is 0 Å². The molecule has 0 unspecified atom stereocenters. The van der Waals surface area contributed by atoms with Crippen LogP contribution in [0.15, 0.2) is 0 Å². The van der Waals surface area contributed by atoms with Gasteiger partial charge in [-0.15, -0.1) is 0 Å². The maximum Gasteiger partial charge on any atom is 0.258 e. The van der Waals surface area contributed by atoms with Gasteiger partial charge in [-0.3, -0.25) is 9.10 Å². The number of carbonyl (C=O) groups is 1. The zero-order chi connectivity index (χ0) is 7.28. The van der Waals surface area contributed by atoms with Gasteiger partial charge in [0.05, 0.1) is 0 Å². The molecule has 54 valence electrons. The van der Waals surface area contributed by atoms with E-state index in [1.807, 2.05) is 6.26 Å². The molecule has 1 amide bonds. The first-order valence-electron chi connectivity index (χ1n) is 2.52. The third-order valence-corrected chi connectivity index (χ3v) is 1.64. The molecule has 0 aliphatic rings. The molecule has 0 heterocycles.